The second kappa shape index (κ2) is 7.44. The maximum Gasteiger partial charge on any atom is 0.184 e. The summed E-state index contributed by atoms with van der Waals surface area (Å²) in [6.45, 7) is -0.743. The number of thiocarbonyl (C=S) groups is 1. The summed E-state index contributed by atoms with van der Waals surface area (Å²) in [7, 11) is 0. The molecule has 0 unspecified atom stereocenters. The normalized spacial score (nSPS) is 19.1. The Hall–Kier alpha value is -0.840. The minimum Gasteiger partial charge on any atom is -0.394 e. The standard InChI is InChI=1S/C7H15N3O5S/c8-7(16)10-9-1-3(12)5(14)6(15)4(13)2-11/h1,3-6,11-15H,2H2,(H3,8,10,16)/b9-1-/t3-,4+,5-,6+/m1/s1. The number of nitrogens with zero attached hydrogens (tertiary/aromatic N) is 1. The van der Waals surface area contributed by atoms with E-state index in [4.69, 9.17) is 15.9 Å². The van der Waals surface area contributed by atoms with Crippen molar-refractivity contribution in [3.63, 3.8) is 0 Å². The molecule has 0 aromatic rings. The van der Waals surface area contributed by atoms with Gasteiger partial charge >= 0.3 is 0 Å². The van der Waals surface area contributed by atoms with Crippen LogP contribution in [0.25, 0.3) is 0 Å². The van der Waals surface area contributed by atoms with Gasteiger partial charge in [-0.05, 0) is 12.2 Å². The highest BCUT2D eigenvalue weighted by atomic mass is 32.1. The highest BCUT2D eigenvalue weighted by molar-refractivity contribution is 7.80. The minimum absolute atomic E-state index is 0.131. The van der Waals surface area contributed by atoms with Gasteiger partial charge < -0.3 is 31.3 Å². The number of rotatable bonds is 6. The van der Waals surface area contributed by atoms with Crippen molar-refractivity contribution in [2.45, 2.75) is 24.4 Å². The first kappa shape index (κ1) is 15.2. The molecule has 0 aliphatic carbocycles. The van der Waals surface area contributed by atoms with Crippen LogP contribution >= 0.6 is 12.2 Å². The Balaban J connectivity index is 4.21. The third kappa shape index (κ3) is 5.30. The lowest BCUT2D eigenvalue weighted by atomic mass is 10.0. The SMILES string of the molecule is NC(=S)N/N=C\[C@@H](O)[C@@H](O)[C@@H](O)[C@@H](O)CO. The van der Waals surface area contributed by atoms with Gasteiger partial charge in [-0.2, -0.15) is 5.10 Å². The molecule has 0 amide bonds. The predicted octanol–water partition coefficient (Wildman–Crippen LogP) is -3.76. The van der Waals surface area contributed by atoms with Crippen LogP contribution in [-0.2, 0) is 0 Å². The van der Waals surface area contributed by atoms with E-state index < -0.39 is 31.0 Å². The van der Waals surface area contributed by atoms with Crippen LogP contribution in [0.15, 0.2) is 5.10 Å². The molecule has 0 aliphatic heterocycles. The van der Waals surface area contributed by atoms with Crippen LogP contribution in [0.2, 0.25) is 0 Å². The summed E-state index contributed by atoms with van der Waals surface area (Å²) in [5.74, 6) is 0. The molecular weight excluding hydrogens is 238 g/mol. The van der Waals surface area contributed by atoms with Crippen LogP contribution in [0.1, 0.15) is 0 Å². The molecule has 16 heavy (non-hydrogen) atoms. The quantitative estimate of drug-likeness (QED) is 0.145. The Morgan fingerprint density at radius 1 is 1.31 bits per heavy atom. The van der Waals surface area contributed by atoms with Crippen LogP contribution in [0.3, 0.4) is 0 Å². The lowest BCUT2D eigenvalue weighted by molar-refractivity contribution is -0.0999. The fourth-order valence-electron chi connectivity index (χ4n) is 0.803. The van der Waals surface area contributed by atoms with Crippen molar-refractivity contribution in [2.24, 2.45) is 10.8 Å². The smallest absolute Gasteiger partial charge is 0.184 e. The topological polar surface area (TPSA) is 152 Å². The van der Waals surface area contributed by atoms with Gasteiger partial charge in [0.2, 0.25) is 0 Å². The molecular formula is C7H15N3O5S. The molecule has 0 aromatic heterocycles. The lowest BCUT2D eigenvalue weighted by Crippen LogP contribution is -2.46. The maximum absolute atomic E-state index is 9.30. The van der Waals surface area contributed by atoms with E-state index in [9.17, 15) is 15.3 Å². The van der Waals surface area contributed by atoms with E-state index >= 15 is 0 Å². The molecule has 0 fully saturated rings. The first-order valence-corrected chi connectivity index (χ1v) is 4.72. The zero-order valence-corrected chi connectivity index (χ0v) is 9.08. The van der Waals surface area contributed by atoms with Crippen molar-refractivity contribution in [1.82, 2.24) is 5.43 Å². The molecule has 8 nitrogen and oxygen atoms in total. The average Bonchev–Trinajstić information content (AvgIpc) is 2.25. The van der Waals surface area contributed by atoms with Crippen LogP contribution in [0, 0.1) is 0 Å². The molecule has 0 bridgehead atoms. The minimum atomic E-state index is -1.70. The van der Waals surface area contributed by atoms with Gasteiger partial charge in [0.1, 0.15) is 24.4 Å². The molecule has 4 atom stereocenters. The van der Waals surface area contributed by atoms with Gasteiger partial charge in [0.15, 0.2) is 5.11 Å². The molecule has 0 aliphatic rings. The molecule has 9 heteroatoms. The van der Waals surface area contributed by atoms with Crippen molar-refractivity contribution in [3.05, 3.63) is 0 Å². The zero-order chi connectivity index (χ0) is 12.7. The van der Waals surface area contributed by atoms with Crippen LogP contribution in [-0.4, -0.2) is 67.9 Å². The summed E-state index contributed by atoms with van der Waals surface area (Å²) in [4.78, 5) is 0. The highest BCUT2D eigenvalue weighted by Crippen LogP contribution is 2.03. The molecule has 0 radical (unpaired) electrons. The Morgan fingerprint density at radius 2 is 1.88 bits per heavy atom. The van der Waals surface area contributed by atoms with E-state index in [1.165, 1.54) is 0 Å². The van der Waals surface area contributed by atoms with Crippen molar-refractivity contribution < 1.29 is 25.5 Å². The maximum atomic E-state index is 9.30. The zero-order valence-electron chi connectivity index (χ0n) is 8.26. The summed E-state index contributed by atoms with van der Waals surface area (Å²) >= 11 is 4.41. The second-order valence-electron chi connectivity index (χ2n) is 2.98. The molecule has 94 valence electrons. The first-order chi connectivity index (χ1) is 7.40. The number of nitrogens with two attached hydrogens (primary N) is 1. The monoisotopic (exact) mass is 253 g/mol. The van der Waals surface area contributed by atoms with Crippen LogP contribution in [0.4, 0.5) is 0 Å². The van der Waals surface area contributed by atoms with Gasteiger partial charge in [-0.25, -0.2) is 0 Å². The van der Waals surface area contributed by atoms with Crippen LogP contribution < -0.4 is 11.2 Å². The molecule has 0 aromatic carbocycles. The number of nitrogens with one attached hydrogen (secondary N) is 1. The van der Waals surface area contributed by atoms with E-state index in [1.807, 2.05) is 0 Å². The lowest BCUT2D eigenvalue weighted by Gasteiger charge is -2.23. The highest BCUT2D eigenvalue weighted by Gasteiger charge is 2.29. The van der Waals surface area contributed by atoms with E-state index in [0.29, 0.717) is 0 Å². The van der Waals surface area contributed by atoms with Gasteiger partial charge in [-0.15, -0.1) is 0 Å². The predicted molar refractivity (Wildman–Crippen MR) is 59.5 cm³/mol. The molecule has 0 rings (SSSR count). The number of aliphatic hydroxyl groups is 5. The molecule has 0 saturated carbocycles. The Morgan fingerprint density at radius 3 is 2.31 bits per heavy atom. The molecule has 8 N–H and O–H groups in total. The van der Waals surface area contributed by atoms with E-state index in [0.717, 1.165) is 6.21 Å². The van der Waals surface area contributed by atoms with E-state index in [1.54, 1.807) is 0 Å². The second-order valence-corrected chi connectivity index (χ2v) is 3.42. The summed E-state index contributed by atoms with van der Waals surface area (Å²) in [5, 5.41) is 48.5. The van der Waals surface area contributed by atoms with Gasteiger partial charge in [-0.1, -0.05) is 0 Å². The summed E-state index contributed by atoms with van der Waals surface area (Å²) in [5.41, 5.74) is 7.15. The summed E-state index contributed by atoms with van der Waals surface area (Å²) < 4.78 is 0. The largest absolute Gasteiger partial charge is 0.394 e. The Bertz CT molecular complexity index is 252. The first-order valence-electron chi connectivity index (χ1n) is 4.32. The molecule has 0 saturated heterocycles. The van der Waals surface area contributed by atoms with Gasteiger partial charge in [0.25, 0.3) is 0 Å². The van der Waals surface area contributed by atoms with Crippen molar-refractivity contribution >= 4 is 23.5 Å². The number of hydrazone groups is 1. The van der Waals surface area contributed by atoms with Crippen molar-refractivity contribution in [2.75, 3.05) is 6.61 Å². The summed E-state index contributed by atoms with van der Waals surface area (Å²) in [6.07, 6.45) is -5.65. The Labute approximate surface area is 97.0 Å². The summed E-state index contributed by atoms with van der Waals surface area (Å²) in [6, 6.07) is 0. The number of aliphatic hydroxyl groups excluding tert-OH is 5. The fraction of sp³-hybridized carbons (Fsp3) is 0.714. The van der Waals surface area contributed by atoms with Gasteiger partial charge in [0.05, 0.1) is 12.8 Å². The van der Waals surface area contributed by atoms with Crippen molar-refractivity contribution in [3.8, 4) is 0 Å². The van der Waals surface area contributed by atoms with Crippen LogP contribution in [0.5, 0.6) is 0 Å². The Kier molecular flexibility index (Phi) is 7.05. The number of hydrogen-bond acceptors (Lipinski definition) is 7. The number of hydrogen-bond donors (Lipinski definition) is 7. The molecule has 0 heterocycles. The average molecular weight is 253 g/mol. The van der Waals surface area contributed by atoms with E-state index in [2.05, 4.69) is 22.7 Å². The fourth-order valence-corrected chi connectivity index (χ4v) is 0.856. The molecule has 0 spiro atoms. The third-order valence-corrected chi connectivity index (χ3v) is 1.77. The van der Waals surface area contributed by atoms with Gasteiger partial charge in [0, 0.05) is 0 Å². The van der Waals surface area contributed by atoms with Crippen molar-refractivity contribution in [1.29, 1.82) is 0 Å². The van der Waals surface area contributed by atoms with Gasteiger partial charge in [-0.3, -0.25) is 5.43 Å². The van der Waals surface area contributed by atoms with E-state index in [-0.39, 0.29) is 5.11 Å². The third-order valence-electron chi connectivity index (χ3n) is 1.68.